The minimum Gasteiger partial charge on any atom is -0.461 e. The van der Waals surface area contributed by atoms with Crippen molar-refractivity contribution in [3.63, 3.8) is 0 Å². The predicted octanol–water partition coefficient (Wildman–Crippen LogP) is 3.11. The van der Waals surface area contributed by atoms with Gasteiger partial charge in [-0.1, -0.05) is 35.9 Å². The number of aryl methyl sites for hydroxylation is 1. The van der Waals surface area contributed by atoms with E-state index in [1.807, 2.05) is 12.1 Å². The van der Waals surface area contributed by atoms with Crippen molar-refractivity contribution in [1.82, 2.24) is 0 Å². The lowest BCUT2D eigenvalue weighted by molar-refractivity contribution is -0.144. The summed E-state index contributed by atoms with van der Waals surface area (Å²) in [5.41, 5.74) is 7.43. The Balaban J connectivity index is 1.77. The van der Waals surface area contributed by atoms with Gasteiger partial charge in [0, 0.05) is 17.0 Å². The SMILES string of the molecule is NC(=O)c1ccc(COC(=O)CCc2ccc(Cl)cc2)cc1. The predicted molar refractivity (Wildman–Crippen MR) is 84.5 cm³/mol. The van der Waals surface area contributed by atoms with Crippen LogP contribution in [0, 0.1) is 0 Å². The maximum Gasteiger partial charge on any atom is 0.306 e. The van der Waals surface area contributed by atoms with Crippen molar-refractivity contribution in [2.75, 3.05) is 0 Å². The second-order valence-corrected chi connectivity index (χ2v) is 5.28. The van der Waals surface area contributed by atoms with Gasteiger partial charge in [0.15, 0.2) is 0 Å². The Hall–Kier alpha value is -2.33. The van der Waals surface area contributed by atoms with Crippen LogP contribution in [0.3, 0.4) is 0 Å². The van der Waals surface area contributed by atoms with Crippen molar-refractivity contribution in [2.24, 2.45) is 5.73 Å². The lowest BCUT2D eigenvalue weighted by Gasteiger charge is -2.06. The zero-order chi connectivity index (χ0) is 15.9. The van der Waals surface area contributed by atoms with Gasteiger partial charge in [0.1, 0.15) is 6.61 Å². The quantitative estimate of drug-likeness (QED) is 0.832. The third-order valence-corrected chi connectivity index (χ3v) is 3.42. The molecule has 0 saturated carbocycles. The fraction of sp³-hybridized carbons (Fsp3) is 0.176. The van der Waals surface area contributed by atoms with Gasteiger partial charge in [0.2, 0.25) is 5.91 Å². The molecule has 2 aromatic rings. The highest BCUT2D eigenvalue weighted by molar-refractivity contribution is 6.30. The molecule has 5 heteroatoms. The monoisotopic (exact) mass is 317 g/mol. The van der Waals surface area contributed by atoms with Crippen LogP contribution in [0.15, 0.2) is 48.5 Å². The number of primary amides is 1. The molecule has 0 spiro atoms. The number of rotatable bonds is 6. The molecule has 0 unspecified atom stereocenters. The van der Waals surface area contributed by atoms with Crippen LogP contribution in [0.2, 0.25) is 5.02 Å². The highest BCUT2D eigenvalue weighted by atomic mass is 35.5. The summed E-state index contributed by atoms with van der Waals surface area (Å²) in [5, 5.41) is 0.672. The van der Waals surface area contributed by atoms with Crippen molar-refractivity contribution in [1.29, 1.82) is 0 Å². The Morgan fingerprint density at radius 1 is 0.955 bits per heavy atom. The van der Waals surface area contributed by atoms with Crippen LogP contribution in [0.25, 0.3) is 0 Å². The van der Waals surface area contributed by atoms with E-state index >= 15 is 0 Å². The average molecular weight is 318 g/mol. The number of hydrogen-bond donors (Lipinski definition) is 1. The first kappa shape index (κ1) is 16.0. The fourth-order valence-electron chi connectivity index (χ4n) is 1.90. The number of amides is 1. The van der Waals surface area contributed by atoms with E-state index in [1.165, 1.54) is 0 Å². The summed E-state index contributed by atoms with van der Waals surface area (Å²) in [7, 11) is 0. The Kier molecular flexibility index (Phi) is 5.55. The Morgan fingerprint density at radius 2 is 1.55 bits per heavy atom. The molecule has 2 rings (SSSR count). The first-order chi connectivity index (χ1) is 10.5. The molecule has 0 aliphatic rings. The molecule has 22 heavy (non-hydrogen) atoms. The number of carbonyl (C=O) groups is 2. The van der Waals surface area contributed by atoms with E-state index in [0.29, 0.717) is 23.4 Å². The molecule has 4 nitrogen and oxygen atoms in total. The maximum atomic E-state index is 11.7. The van der Waals surface area contributed by atoms with Crippen LogP contribution in [-0.2, 0) is 22.6 Å². The number of halogens is 1. The molecule has 2 aromatic carbocycles. The summed E-state index contributed by atoms with van der Waals surface area (Å²) in [6.45, 7) is 0.179. The van der Waals surface area contributed by atoms with Gasteiger partial charge in [-0.25, -0.2) is 0 Å². The number of esters is 1. The van der Waals surface area contributed by atoms with Crippen molar-refractivity contribution < 1.29 is 14.3 Å². The lowest BCUT2D eigenvalue weighted by atomic mass is 10.1. The summed E-state index contributed by atoms with van der Waals surface area (Å²) < 4.78 is 5.19. The molecule has 114 valence electrons. The molecule has 0 atom stereocenters. The van der Waals surface area contributed by atoms with Gasteiger partial charge in [-0.2, -0.15) is 0 Å². The molecule has 0 fully saturated rings. The van der Waals surface area contributed by atoms with Crippen LogP contribution in [0.4, 0.5) is 0 Å². The molecular weight excluding hydrogens is 302 g/mol. The number of carbonyl (C=O) groups excluding carboxylic acids is 2. The van der Waals surface area contributed by atoms with E-state index in [0.717, 1.165) is 11.1 Å². The molecule has 0 aliphatic carbocycles. The lowest BCUT2D eigenvalue weighted by Crippen LogP contribution is -2.11. The van der Waals surface area contributed by atoms with E-state index < -0.39 is 5.91 Å². The minimum atomic E-state index is -0.480. The van der Waals surface area contributed by atoms with Crippen molar-refractivity contribution in [3.05, 3.63) is 70.2 Å². The standard InChI is InChI=1S/C17H16ClNO3/c18-15-8-3-12(4-9-15)5-10-16(20)22-11-13-1-6-14(7-2-13)17(19)21/h1-4,6-9H,5,10-11H2,(H2,19,21). The minimum absolute atomic E-state index is 0.179. The molecule has 0 bridgehead atoms. The van der Waals surface area contributed by atoms with E-state index in [1.54, 1.807) is 36.4 Å². The van der Waals surface area contributed by atoms with Crippen molar-refractivity contribution in [2.45, 2.75) is 19.4 Å². The van der Waals surface area contributed by atoms with Crippen LogP contribution in [0.5, 0.6) is 0 Å². The molecule has 0 radical (unpaired) electrons. The van der Waals surface area contributed by atoms with Gasteiger partial charge in [-0.05, 0) is 41.8 Å². The van der Waals surface area contributed by atoms with Crippen LogP contribution in [0.1, 0.15) is 27.9 Å². The van der Waals surface area contributed by atoms with E-state index in [-0.39, 0.29) is 12.6 Å². The molecule has 0 saturated heterocycles. The Morgan fingerprint density at radius 3 is 2.14 bits per heavy atom. The number of ether oxygens (including phenoxy) is 1. The largest absolute Gasteiger partial charge is 0.461 e. The van der Waals surface area contributed by atoms with Crippen LogP contribution < -0.4 is 5.73 Å². The molecule has 1 amide bonds. The van der Waals surface area contributed by atoms with E-state index in [2.05, 4.69) is 0 Å². The molecule has 0 aromatic heterocycles. The van der Waals surface area contributed by atoms with E-state index in [4.69, 9.17) is 22.1 Å². The summed E-state index contributed by atoms with van der Waals surface area (Å²) in [5.74, 6) is -0.750. The van der Waals surface area contributed by atoms with Crippen LogP contribution in [-0.4, -0.2) is 11.9 Å². The van der Waals surface area contributed by atoms with Gasteiger partial charge < -0.3 is 10.5 Å². The second-order valence-electron chi connectivity index (χ2n) is 4.85. The molecule has 0 heterocycles. The van der Waals surface area contributed by atoms with Gasteiger partial charge in [-0.3, -0.25) is 9.59 Å². The Labute approximate surface area is 133 Å². The third kappa shape index (κ3) is 4.90. The fourth-order valence-corrected chi connectivity index (χ4v) is 2.02. The average Bonchev–Trinajstić information content (AvgIpc) is 2.52. The topological polar surface area (TPSA) is 69.4 Å². The maximum absolute atomic E-state index is 11.7. The normalized spacial score (nSPS) is 10.2. The smallest absolute Gasteiger partial charge is 0.306 e. The first-order valence-electron chi connectivity index (χ1n) is 6.83. The number of benzene rings is 2. The molecule has 2 N–H and O–H groups in total. The first-order valence-corrected chi connectivity index (χ1v) is 7.21. The van der Waals surface area contributed by atoms with Crippen LogP contribution >= 0.6 is 11.6 Å². The zero-order valence-corrected chi connectivity index (χ0v) is 12.7. The highest BCUT2D eigenvalue weighted by Crippen LogP contribution is 2.12. The highest BCUT2D eigenvalue weighted by Gasteiger charge is 2.05. The summed E-state index contributed by atoms with van der Waals surface area (Å²) in [6, 6.07) is 14.0. The summed E-state index contributed by atoms with van der Waals surface area (Å²) in [6.07, 6.45) is 0.914. The van der Waals surface area contributed by atoms with E-state index in [9.17, 15) is 9.59 Å². The van der Waals surface area contributed by atoms with Gasteiger partial charge >= 0.3 is 5.97 Å². The summed E-state index contributed by atoms with van der Waals surface area (Å²) >= 11 is 5.80. The van der Waals surface area contributed by atoms with Crippen molar-refractivity contribution >= 4 is 23.5 Å². The molecular formula is C17H16ClNO3. The van der Waals surface area contributed by atoms with Gasteiger partial charge in [0.05, 0.1) is 0 Å². The van der Waals surface area contributed by atoms with Crippen molar-refractivity contribution in [3.8, 4) is 0 Å². The molecule has 0 aliphatic heterocycles. The van der Waals surface area contributed by atoms with Gasteiger partial charge in [-0.15, -0.1) is 0 Å². The van der Waals surface area contributed by atoms with Gasteiger partial charge in [0.25, 0.3) is 0 Å². The Bertz CT molecular complexity index is 651. The summed E-state index contributed by atoms with van der Waals surface area (Å²) in [4.78, 5) is 22.7. The number of nitrogens with two attached hydrogens (primary N) is 1. The zero-order valence-electron chi connectivity index (χ0n) is 11.9. The third-order valence-electron chi connectivity index (χ3n) is 3.17. The number of hydrogen-bond acceptors (Lipinski definition) is 3. The second kappa shape index (κ2) is 7.61.